The zero-order chi connectivity index (χ0) is 20.2. The Hall–Kier alpha value is -3.45. The fourth-order valence-electron chi connectivity index (χ4n) is 3.54. The molecule has 7 heteroatoms. The van der Waals surface area contributed by atoms with Gasteiger partial charge in [0.25, 0.3) is 0 Å². The van der Waals surface area contributed by atoms with Crippen molar-refractivity contribution in [3.63, 3.8) is 0 Å². The minimum absolute atomic E-state index is 0.146. The summed E-state index contributed by atoms with van der Waals surface area (Å²) in [6.07, 6.45) is 1.51. The van der Waals surface area contributed by atoms with Crippen molar-refractivity contribution < 1.29 is 14.3 Å². The summed E-state index contributed by atoms with van der Waals surface area (Å²) in [5.74, 6) is -0.298. The van der Waals surface area contributed by atoms with Crippen LogP contribution < -0.4 is 11.1 Å². The van der Waals surface area contributed by atoms with Gasteiger partial charge in [0, 0.05) is 24.2 Å². The maximum atomic E-state index is 12.9. The molecule has 2 amide bonds. The van der Waals surface area contributed by atoms with E-state index >= 15 is 0 Å². The molecule has 1 aliphatic heterocycles. The standard InChI is InChI=1S/C22H22N4O3/c23-17-12-19(26(13-17)22(28)29-14-15-6-2-1-3-7-15)21(27)25-18-10-4-8-16-9-5-11-24-20(16)18/h1-11,17,19H,12-14,23H2,(H,25,27)/t17-,19-/m0/s1. The van der Waals surface area contributed by atoms with E-state index in [0.717, 1.165) is 10.9 Å². The minimum Gasteiger partial charge on any atom is -0.445 e. The average molecular weight is 390 g/mol. The molecule has 2 aromatic carbocycles. The number of nitrogens with two attached hydrogens (primary N) is 1. The number of nitrogens with one attached hydrogen (secondary N) is 1. The summed E-state index contributed by atoms with van der Waals surface area (Å²) < 4.78 is 5.40. The Morgan fingerprint density at radius 1 is 1.10 bits per heavy atom. The molecule has 0 spiro atoms. The summed E-state index contributed by atoms with van der Waals surface area (Å²) in [7, 11) is 0. The molecule has 1 fully saturated rings. The third kappa shape index (κ3) is 4.20. The van der Waals surface area contributed by atoms with Crippen LogP contribution in [0.3, 0.4) is 0 Å². The van der Waals surface area contributed by atoms with Gasteiger partial charge in [0.15, 0.2) is 0 Å². The highest BCUT2D eigenvalue weighted by atomic mass is 16.6. The first kappa shape index (κ1) is 18.9. The van der Waals surface area contributed by atoms with E-state index in [-0.39, 0.29) is 25.1 Å². The number of aromatic nitrogens is 1. The van der Waals surface area contributed by atoms with E-state index in [1.165, 1.54) is 4.90 Å². The predicted octanol–water partition coefficient (Wildman–Crippen LogP) is 2.91. The number of anilines is 1. The van der Waals surface area contributed by atoms with Gasteiger partial charge in [-0.2, -0.15) is 0 Å². The first-order chi connectivity index (χ1) is 14.1. The molecule has 4 rings (SSSR count). The number of hydrogen-bond donors (Lipinski definition) is 2. The summed E-state index contributed by atoms with van der Waals surface area (Å²) >= 11 is 0. The first-order valence-electron chi connectivity index (χ1n) is 9.49. The summed E-state index contributed by atoms with van der Waals surface area (Å²) in [6, 6.07) is 17.8. The minimum atomic E-state index is -0.688. The Morgan fingerprint density at radius 3 is 2.72 bits per heavy atom. The van der Waals surface area contributed by atoms with Crippen LogP contribution in [0.2, 0.25) is 0 Å². The van der Waals surface area contributed by atoms with E-state index in [0.29, 0.717) is 17.6 Å². The maximum absolute atomic E-state index is 12.9. The highest BCUT2D eigenvalue weighted by Crippen LogP contribution is 2.24. The van der Waals surface area contributed by atoms with Gasteiger partial charge in [0.1, 0.15) is 12.6 Å². The molecule has 0 saturated carbocycles. The van der Waals surface area contributed by atoms with E-state index in [9.17, 15) is 9.59 Å². The monoisotopic (exact) mass is 390 g/mol. The fourth-order valence-corrected chi connectivity index (χ4v) is 3.54. The second-order valence-corrected chi connectivity index (χ2v) is 7.07. The largest absolute Gasteiger partial charge is 0.445 e. The van der Waals surface area contributed by atoms with Gasteiger partial charge in [0.05, 0.1) is 11.2 Å². The molecular weight excluding hydrogens is 368 g/mol. The van der Waals surface area contributed by atoms with Crippen molar-refractivity contribution in [3.8, 4) is 0 Å². The molecule has 0 unspecified atom stereocenters. The molecule has 3 aromatic rings. The number of likely N-dealkylation sites (tertiary alicyclic amines) is 1. The van der Waals surface area contributed by atoms with Gasteiger partial charge >= 0.3 is 6.09 Å². The molecule has 0 aliphatic carbocycles. The van der Waals surface area contributed by atoms with Crippen LogP contribution in [0.4, 0.5) is 10.5 Å². The number of carbonyl (C=O) groups excluding carboxylic acids is 2. The lowest BCUT2D eigenvalue weighted by Gasteiger charge is -2.23. The molecule has 2 heterocycles. The van der Waals surface area contributed by atoms with Gasteiger partial charge in [-0.3, -0.25) is 14.7 Å². The quantitative estimate of drug-likeness (QED) is 0.714. The molecule has 0 radical (unpaired) electrons. The number of carbonyl (C=O) groups is 2. The van der Waals surface area contributed by atoms with Gasteiger partial charge < -0.3 is 15.8 Å². The highest BCUT2D eigenvalue weighted by Gasteiger charge is 2.39. The van der Waals surface area contributed by atoms with Crippen LogP contribution in [-0.2, 0) is 16.1 Å². The SMILES string of the molecule is N[C@H]1C[C@@H](C(=O)Nc2cccc3cccnc23)N(C(=O)OCc2ccccc2)C1. The lowest BCUT2D eigenvalue weighted by molar-refractivity contribution is -0.120. The van der Waals surface area contributed by atoms with E-state index in [1.54, 1.807) is 12.3 Å². The van der Waals surface area contributed by atoms with Crippen molar-refractivity contribution in [3.05, 3.63) is 72.4 Å². The first-order valence-corrected chi connectivity index (χ1v) is 9.49. The van der Waals surface area contributed by atoms with E-state index < -0.39 is 12.1 Å². The molecule has 29 heavy (non-hydrogen) atoms. The Morgan fingerprint density at radius 2 is 1.90 bits per heavy atom. The van der Waals surface area contributed by atoms with Gasteiger partial charge in [-0.25, -0.2) is 4.79 Å². The number of para-hydroxylation sites is 1. The summed E-state index contributed by atoms with van der Waals surface area (Å²) in [5.41, 5.74) is 8.22. The average Bonchev–Trinajstić information content (AvgIpc) is 3.15. The third-order valence-corrected chi connectivity index (χ3v) is 4.97. The number of rotatable bonds is 4. The smallest absolute Gasteiger partial charge is 0.410 e. The number of nitrogens with zero attached hydrogens (tertiary/aromatic N) is 2. The predicted molar refractivity (Wildman–Crippen MR) is 110 cm³/mol. The fraction of sp³-hybridized carbons (Fsp3) is 0.227. The molecule has 1 saturated heterocycles. The van der Waals surface area contributed by atoms with Crippen LogP contribution >= 0.6 is 0 Å². The van der Waals surface area contributed by atoms with Crippen LogP contribution in [0.15, 0.2) is 66.9 Å². The van der Waals surface area contributed by atoms with Gasteiger partial charge in [0.2, 0.25) is 5.91 Å². The topological polar surface area (TPSA) is 97.5 Å². The number of pyridine rings is 1. The van der Waals surface area contributed by atoms with Gasteiger partial charge in [-0.05, 0) is 24.1 Å². The van der Waals surface area contributed by atoms with E-state index in [2.05, 4.69) is 10.3 Å². The van der Waals surface area contributed by atoms with E-state index in [1.807, 2.05) is 54.6 Å². The Kier molecular flexibility index (Phi) is 5.39. The number of hydrogen-bond acceptors (Lipinski definition) is 5. The lowest BCUT2D eigenvalue weighted by atomic mass is 10.1. The molecule has 3 N–H and O–H groups in total. The lowest BCUT2D eigenvalue weighted by Crippen LogP contribution is -2.43. The Labute approximate surface area is 168 Å². The van der Waals surface area contributed by atoms with Crippen LogP contribution in [-0.4, -0.2) is 40.5 Å². The third-order valence-electron chi connectivity index (χ3n) is 4.97. The molecular formula is C22H22N4O3. The zero-order valence-electron chi connectivity index (χ0n) is 15.8. The van der Waals surface area contributed by atoms with Crippen molar-refractivity contribution in [1.82, 2.24) is 9.88 Å². The van der Waals surface area contributed by atoms with Crippen molar-refractivity contribution in [2.75, 3.05) is 11.9 Å². The second kappa shape index (κ2) is 8.28. The van der Waals surface area contributed by atoms with Crippen LogP contribution in [0.5, 0.6) is 0 Å². The molecule has 148 valence electrons. The van der Waals surface area contributed by atoms with Crippen molar-refractivity contribution in [1.29, 1.82) is 0 Å². The summed E-state index contributed by atoms with van der Waals surface area (Å²) in [4.78, 5) is 31.3. The highest BCUT2D eigenvalue weighted by molar-refractivity contribution is 6.03. The number of fused-ring (bicyclic) bond motifs is 1. The Bertz CT molecular complexity index is 1020. The van der Waals surface area contributed by atoms with Crippen LogP contribution in [0, 0.1) is 0 Å². The van der Waals surface area contributed by atoms with E-state index in [4.69, 9.17) is 10.5 Å². The summed E-state index contributed by atoms with van der Waals surface area (Å²) in [5, 5.41) is 3.82. The molecule has 7 nitrogen and oxygen atoms in total. The van der Waals surface area contributed by atoms with Crippen LogP contribution in [0.25, 0.3) is 10.9 Å². The zero-order valence-corrected chi connectivity index (χ0v) is 15.8. The van der Waals surface area contributed by atoms with Crippen molar-refractivity contribution in [2.24, 2.45) is 5.73 Å². The summed E-state index contributed by atoms with van der Waals surface area (Å²) in [6.45, 7) is 0.423. The molecule has 1 aliphatic rings. The van der Waals surface area contributed by atoms with Gasteiger partial charge in [-0.15, -0.1) is 0 Å². The molecule has 0 bridgehead atoms. The number of ether oxygens (including phenoxy) is 1. The Balaban J connectivity index is 1.47. The second-order valence-electron chi connectivity index (χ2n) is 7.07. The molecule has 1 aromatic heterocycles. The number of amides is 2. The van der Waals surface area contributed by atoms with Gasteiger partial charge in [-0.1, -0.05) is 48.5 Å². The maximum Gasteiger partial charge on any atom is 0.410 e. The van der Waals surface area contributed by atoms with Crippen molar-refractivity contribution in [2.45, 2.75) is 25.1 Å². The normalized spacial score (nSPS) is 18.6. The molecule has 2 atom stereocenters. The van der Waals surface area contributed by atoms with Crippen LogP contribution in [0.1, 0.15) is 12.0 Å². The van der Waals surface area contributed by atoms with Crippen molar-refractivity contribution >= 4 is 28.6 Å². The number of benzene rings is 2.